The molecule has 2 saturated carbocycles. The predicted octanol–water partition coefficient (Wildman–Crippen LogP) is 3.48. The zero-order valence-electron chi connectivity index (χ0n) is 11.9. The van der Waals surface area contributed by atoms with Gasteiger partial charge in [0, 0.05) is 5.92 Å². The van der Waals surface area contributed by atoms with E-state index in [-0.39, 0.29) is 5.54 Å². The quantitative estimate of drug-likeness (QED) is 0.906. The molecule has 1 heterocycles. The lowest BCUT2D eigenvalue weighted by Crippen LogP contribution is -2.33. The Bertz CT molecular complexity index is 423. The van der Waals surface area contributed by atoms with Gasteiger partial charge in [0.1, 0.15) is 0 Å². The summed E-state index contributed by atoms with van der Waals surface area (Å²) in [5.74, 6) is 2.91. The summed E-state index contributed by atoms with van der Waals surface area (Å²) in [5, 5.41) is 4.23. The topological polar surface area (TPSA) is 64.9 Å². The fraction of sp³-hybridized carbons (Fsp3) is 0.867. The van der Waals surface area contributed by atoms with E-state index in [4.69, 9.17) is 10.3 Å². The van der Waals surface area contributed by atoms with Crippen LogP contribution in [0.1, 0.15) is 82.3 Å². The summed E-state index contributed by atoms with van der Waals surface area (Å²) in [6, 6.07) is 0. The Morgan fingerprint density at radius 3 is 2.79 bits per heavy atom. The highest BCUT2D eigenvalue weighted by Gasteiger charge is 2.37. The smallest absolute Gasteiger partial charge is 0.246 e. The zero-order chi connectivity index (χ0) is 13.3. The lowest BCUT2D eigenvalue weighted by molar-refractivity contribution is 0.275. The van der Waals surface area contributed by atoms with Crippen LogP contribution in [0.2, 0.25) is 0 Å². The monoisotopic (exact) mass is 263 g/mol. The number of hydrogen-bond acceptors (Lipinski definition) is 4. The molecule has 2 N–H and O–H groups in total. The van der Waals surface area contributed by atoms with Crippen LogP contribution in [0.3, 0.4) is 0 Å². The molecule has 2 unspecified atom stereocenters. The summed E-state index contributed by atoms with van der Waals surface area (Å²) in [4.78, 5) is 4.65. The first-order chi connectivity index (χ1) is 9.21. The van der Waals surface area contributed by atoms with Crippen molar-refractivity contribution in [1.29, 1.82) is 0 Å². The summed E-state index contributed by atoms with van der Waals surface area (Å²) < 4.78 is 5.49. The molecule has 2 atom stereocenters. The molecule has 1 aromatic heterocycles. The van der Waals surface area contributed by atoms with E-state index in [0.29, 0.717) is 11.8 Å². The SMILES string of the molecule is CCC1CCCC(c2noc(C3(N)CCCC3)n2)C1. The number of aromatic nitrogens is 2. The Balaban J connectivity index is 1.74. The second kappa shape index (κ2) is 5.23. The fourth-order valence-electron chi connectivity index (χ4n) is 3.72. The van der Waals surface area contributed by atoms with Crippen LogP contribution in [0.15, 0.2) is 4.52 Å². The molecule has 19 heavy (non-hydrogen) atoms. The molecule has 2 aliphatic rings. The largest absolute Gasteiger partial charge is 0.337 e. The van der Waals surface area contributed by atoms with Crippen LogP contribution in [-0.4, -0.2) is 10.1 Å². The summed E-state index contributed by atoms with van der Waals surface area (Å²) >= 11 is 0. The highest BCUT2D eigenvalue weighted by Crippen LogP contribution is 2.39. The van der Waals surface area contributed by atoms with Crippen molar-refractivity contribution in [2.45, 2.75) is 76.2 Å². The van der Waals surface area contributed by atoms with E-state index in [2.05, 4.69) is 17.1 Å². The Morgan fingerprint density at radius 1 is 1.26 bits per heavy atom. The van der Waals surface area contributed by atoms with Gasteiger partial charge in [0.05, 0.1) is 5.54 Å². The van der Waals surface area contributed by atoms with Crippen LogP contribution in [0.25, 0.3) is 0 Å². The summed E-state index contributed by atoms with van der Waals surface area (Å²) in [5.41, 5.74) is 6.04. The molecule has 0 aromatic carbocycles. The van der Waals surface area contributed by atoms with Crippen molar-refractivity contribution in [2.75, 3.05) is 0 Å². The maximum absolute atomic E-state index is 6.38. The van der Waals surface area contributed by atoms with Crippen molar-refractivity contribution in [2.24, 2.45) is 11.7 Å². The minimum Gasteiger partial charge on any atom is -0.337 e. The van der Waals surface area contributed by atoms with Gasteiger partial charge < -0.3 is 10.3 Å². The van der Waals surface area contributed by atoms with Crippen LogP contribution in [0.4, 0.5) is 0 Å². The average molecular weight is 263 g/mol. The first-order valence-electron chi connectivity index (χ1n) is 7.84. The van der Waals surface area contributed by atoms with E-state index in [9.17, 15) is 0 Å². The van der Waals surface area contributed by atoms with Crippen molar-refractivity contribution in [3.63, 3.8) is 0 Å². The second-order valence-electron chi connectivity index (χ2n) is 6.46. The first-order valence-corrected chi connectivity index (χ1v) is 7.84. The fourth-order valence-corrected chi connectivity index (χ4v) is 3.72. The van der Waals surface area contributed by atoms with Gasteiger partial charge in [-0.1, -0.05) is 44.2 Å². The molecule has 0 amide bonds. The predicted molar refractivity (Wildman–Crippen MR) is 73.6 cm³/mol. The van der Waals surface area contributed by atoms with Gasteiger partial charge in [-0.3, -0.25) is 0 Å². The Hall–Kier alpha value is -0.900. The maximum atomic E-state index is 6.38. The molecule has 106 valence electrons. The molecule has 2 aliphatic carbocycles. The summed E-state index contributed by atoms with van der Waals surface area (Å²) in [6.45, 7) is 2.28. The van der Waals surface area contributed by atoms with Gasteiger partial charge in [-0.15, -0.1) is 0 Å². The maximum Gasteiger partial charge on any atom is 0.246 e. The van der Waals surface area contributed by atoms with Crippen molar-refractivity contribution in [3.05, 3.63) is 11.7 Å². The summed E-state index contributed by atoms with van der Waals surface area (Å²) in [6.07, 6.45) is 10.7. The highest BCUT2D eigenvalue weighted by molar-refractivity contribution is 5.07. The van der Waals surface area contributed by atoms with Crippen LogP contribution in [0, 0.1) is 5.92 Å². The molecule has 4 nitrogen and oxygen atoms in total. The van der Waals surface area contributed by atoms with E-state index < -0.39 is 0 Å². The first kappa shape index (κ1) is 13.1. The third-order valence-electron chi connectivity index (χ3n) is 5.09. The van der Waals surface area contributed by atoms with E-state index in [1.54, 1.807) is 0 Å². The molecule has 3 rings (SSSR count). The number of nitrogens with two attached hydrogens (primary N) is 1. The molecule has 0 radical (unpaired) electrons. The minimum absolute atomic E-state index is 0.343. The van der Waals surface area contributed by atoms with Gasteiger partial charge in [0.15, 0.2) is 5.82 Å². The molecular formula is C15H25N3O. The van der Waals surface area contributed by atoms with E-state index in [0.717, 1.165) is 24.6 Å². The normalized spacial score (nSPS) is 30.6. The zero-order valence-corrected chi connectivity index (χ0v) is 11.9. The number of hydrogen-bond donors (Lipinski definition) is 1. The second-order valence-corrected chi connectivity index (χ2v) is 6.46. The lowest BCUT2D eigenvalue weighted by Gasteiger charge is -2.26. The van der Waals surface area contributed by atoms with Gasteiger partial charge in [-0.25, -0.2) is 0 Å². The Kier molecular flexibility index (Phi) is 3.61. The lowest BCUT2D eigenvalue weighted by atomic mass is 9.80. The molecule has 0 bridgehead atoms. The molecular weight excluding hydrogens is 238 g/mol. The van der Waals surface area contributed by atoms with Gasteiger partial charge in [-0.2, -0.15) is 4.98 Å². The van der Waals surface area contributed by atoms with Crippen molar-refractivity contribution in [3.8, 4) is 0 Å². The van der Waals surface area contributed by atoms with Gasteiger partial charge in [-0.05, 0) is 31.6 Å². The van der Waals surface area contributed by atoms with Crippen LogP contribution < -0.4 is 5.73 Å². The summed E-state index contributed by atoms with van der Waals surface area (Å²) in [7, 11) is 0. The molecule has 0 aliphatic heterocycles. The van der Waals surface area contributed by atoms with Crippen molar-refractivity contribution < 1.29 is 4.52 Å². The van der Waals surface area contributed by atoms with Gasteiger partial charge in [0.25, 0.3) is 0 Å². The van der Waals surface area contributed by atoms with E-state index in [1.165, 1.54) is 44.9 Å². The van der Waals surface area contributed by atoms with Crippen molar-refractivity contribution in [1.82, 2.24) is 10.1 Å². The van der Waals surface area contributed by atoms with E-state index in [1.807, 2.05) is 0 Å². The Morgan fingerprint density at radius 2 is 2.05 bits per heavy atom. The van der Waals surface area contributed by atoms with Crippen LogP contribution in [0.5, 0.6) is 0 Å². The molecule has 4 heteroatoms. The molecule has 2 fully saturated rings. The third-order valence-corrected chi connectivity index (χ3v) is 5.09. The van der Waals surface area contributed by atoms with E-state index >= 15 is 0 Å². The molecule has 1 aromatic rings. The minimum atomic E-state index is -0.343. The van der Waals surface area contributed by atoms with Gasteiger partial charge >= 0.3 is 0 Å². The molecule has 0 spiro atoms. The standard InChI is InChI=1S/C15H25N3O/c1-2-11-6-5-7-12(10-11)13-17-14(19-18-13)15(16)8-3-4-9-15/h11-12H,2-10,16H2,1H3. The Labute approximate surface area is 115 Å². The van der Waals surface area contributed by atoms with Crippen molar-refractivity contribution >= 4 is 0 Å². The number of rotatable bonds is 3. The van der Waals surface area contributed by atoms with Gasteiger partial charge in [0.2, 0.25) is 5.89 Å². The van der Waals surface area contributed by atoms with Crippen LogP contribution in [-0.2, 0) is 5.54 Å². The average Bonchev–Trinajstić information content (AvgIpc) is 3.08. The third kappa shape index (κ3) is 2.55. The molecule has 0 saturated heterocycles. The number of nitrogens with zero attached hydrogens (tertiary/aromatic N) is 2. The van der Waals surface area contributed by atoms with Crippen LogP contribution >= 0.6 is 0 Å². The highest BCUT2D eigenvalue weighted by atomic mass is 16.5.